The molecule has 0 heterocycles. The molecule has 1 N–H and O–H groups in total. The predicted molar refractivity (Wildman–Crippen MR) is 54.0 cm³/mol. The predicted octanol–water partition coefficient (Wildman–Crippen LogP) is 2.52. The monoisotopic (exact) mass is 285 g/mol. The van der Waals surface area contributed by atoms with E-state index in [4.69, 9.17) is 0 Å². The van der Waals surface area contributed by atoms with E-state index in [9.17, 15) is 31.1 Å². The van der Waals surface area contributed by atoms with E-state index >= 15 is 0 Å². The highest BCUT2D eigenvalue weighted by atomic mass is 19.3. The molecule has 0 fully saturated rings. The Balaban J connectivity index is 2.53. The molecule has 0 aliphatic rings. The molecule has 0 atom stereocenters. The Morgan fingerprint density at radius 3 is 2.16 bits per heavy atom. The molecule has 2 nitrogen and oxygen atoms in total. The molecular weight excluding hydrogens is 276 g/mol. The second-order valence-electron chi connectivity index (χ2n) is 3.71. The van der Waals surface area contributed by atoms with Crippen molar-refractivity contribution in [3.8, 4) is 0 Å². The van der Waals surface area contributed by atoms with Crippen LogP contribution in [0.1, 0.15) is 5.56 Å². The number of halogens is 6. The summed E-state index contributed by atoms with van der Waals surface area (Å²) < 4.78 is 74.2. The molecule has 1 rings (SSSR count). The van der Waals surface area contributed by atoms with Gasteiger partial charge in [0.05, 0.1) is 0 Å². The minimum Gasteiger partial charge on any atom is -0.350 e. The van der Waals surface area contributed by atoms with Gasteiger partial charge in [-0.05, 0) is 24.1 Å². The van der Waals surface area contributed by atoms with E-state index in [0.717, 1.165) is 12.1 Å². The minimum atomic E-state index is -4.78. The summed E-state index contributed by atoms with van der Waals surface area (Å²) in [5.74, 6) is -8.63. The normalized spacial score (nSPS) is 11.7. The Hall–Kier alpha value is -1.73. The summed E-state index contributed by atoms with van der Waals surface area (Å²) in [6.07, 6.45) is -4.28. The molecule has 1 aromatic carbocycles. The van der Waals surface area contributed by atoms with Crippen molar-refractivity contribution in [1.29, 1.82) is 0 Å². The van der Waals surface area contributed by atoms with Crippen molar-refractivity contribution in [2.24, 2.45) is 0 Å². The molecule has 0 spiro atoms. The molecule has 0 aliphatic carbocycles. The van der Waals surface area contributed by atoms with Crippen LogP contribution in [-0.2, 0) is 11.2 Å². The standard InChI is InChI=1S/C11H9F6NO/c12-7-3-6(4-8(13)5-7)1-2-18-10(19)11(16,17)9(14)15/h3-5,9H,1-2H2,(H,18,19). The van der Waals surface area contributed by atoms with Gasteiger partial charge in [0.15, 0.2) is 0 Å². The molecule has 19 heavy (non-hydrogen) atoms. The van der Waals surface area contributed by atoms with Crippen LogP contribution in [0, 0.1) is 11.6 Å². The van der Waals surface area contributed by atoms with Gasteiger partial charge in [-0.3, -0.25) is 4.79 Å². The van der Waals surface area contributed by atoms with E-state index in [0.29, 0.717) is 6.07 Å². The largest absolute Gasteiger partial charge is 0.383 e. The molecule has 0 aliphatic heterocycles. The molecule has 0 saturated carbocycles. The van der Waals surface area contributed by atoms with Crippen molar-refractivity contribution < 1.29 is 31.1 Å². The molecule has 0 unspecified atom stereocenters. The number of alkyl halides is 4. The number of rotatable bonds is 5. The Kier molecular flexibility index (Phi) is 4.79. The number of carbonyl (C=O) groups is 1. The maximum absolute atomic E-state index is 12.8. The summed E-state index contributed by atoms with van der Waals surface area (Å²) in [6.45, 7) is -0.440. The van der Waals surface area contributed by atoms with E-state index in [-0.39, 0.29) is 12.0 Å². The van der Waals surface area contributed by atoms with Gasteiger partial charge in [0.2, 0.25) is 0 Å². The van der Waals surface area contributed by atoms with Crippen molar-refractivity contribution in [1.82, 2.24) is 5.32 Å². The van der Waals surface area contributed by atoms with Gasteiger partial charge >= 0.3 is 12.3 Å². The van der Waals surface area contributed by atoms with Gasteiger partial charge in [0, 0.05) is 12.6 Å². The number of amides is 1. The Labute approximate surface area is 104 Å². The van der Waals surface area contributed by atoms with Gasteiger partial charge in [-0.2, -0.15) is 8.78 Å². The number of hydrogen-bond donors (Lipinski definition) is 1. The first-order valence-electron chi connectivity index (χ1n) is 5.12. The highest BCUT2D eigenvalue weighted by molar-refractivity contribution is 5.83. The topological polar surface area (TPSA) is 29.1 Å². The van der Waals surface area contributed by atoms with Crippen molar-refractivity contribution in [2.45, 2.75) is 18.8 Å². The van der Waals surface area contributed by atoms with Crippen LogP contribution < -0.4 is 5.32 Å². The van der Waals surface area contributed by atoms with Crippen LogP contribution in [0.15, 0.2) is 18.2 Å². The van der Waals surface area contributed by atoms with Crippen LogP contribution in [0.4, 0.5) is 26.3 Å². The zero-order valence-corrected chi connectivity index (χ0v) is 9.40. The molecule has 1 aromatic rings. The molecular formula is C11H9F6NO. The molecule has 1 amide bonds. The van der Waals surface area contributed by atoms with Gasteiger partial charge in [0.1, 0.15) is 11.6 Å². The fraction of sp³-hybridized carbons (Fsp3) is 0.364. The zero-order chi connectivity index (χ0) is 14.6. The third-order valence-corrected chi connectivity index (χ3v) is 2.20. The highest BCUT2D eigenvalue weighted by Crippen LogP contribution is 2.22. The first-order valence-corrected chi connectivity index (χ1v) is 5.12. The van der Waals surface area contributed by atoms with Crippen molar-refractivity contribution in [2.75, 3.05) is 6.54 Å². The smallest absolute Gasteiger partial charge is 0.350 e. The first kappa shape index (κ1) is 15.3. The summed E-state index contributed by atoms with van der Waals surface area (Å²) in [5, 5.41) is 1.58. The molecule has 8 heteroatoms. The molecule has 0 radical (unpaired) electrons. The maximum atomic E-state index is 12.8. The lowest BCUT2D eigenvalue weighted by Crippen LogP contribution is -2.45. The van der Waals surface area contributed by atoms with Crippen molar-refractivity contribution >= 4 is 5.91 Å². The third-order valence-electron chi connectivity index (χ3n) is 2.20. The van der Waals surface area contributed by atoms with Crippen LogP contribution in [0.25, 0.3) is 0 Å². The van der Waals surface area contributed by atoms with Gasteiger partial charge in [-0.1, -0.05) is 0 Å². The van der Waals surface area contributed by atoms with Crippen LogP contribution in [0.3, 0.4) is 0 Å². The summed E-state index contributed by atoms with van der Waals surface area (Å²) >= 11 is 0. The van der Waals surface area contributed by atoms with E-state index in [1.165, 1.54) is 0 Å². The number of benzene rings is 1. The fourth-order valence-corrected chi connectivity index (χ4v) is 1.29. The number of hydrogen-bond acceptors (Lipinski definition) is 1. The van der Waals surface area contributed by atoms with Gasteiger partial charge in [0.25, 0.3) is 5.91 Å². The van der Waals surface area contributed by atoms with E-state index in [2.05, 4.69) is 0 Å². The quantitative estimate of drug-likeness (QED) is 0.828. The average molecular weight is 285 g/mol. The Bertz CT molecular complexity index is 442. The molecule has 0 bridgehead atoms. The van der Waals surface area contributed by atoms with Crippen LogP contribution in [-0.4, -0.2) is 24.8 Å². The Morgan fingerprint density at radius 2 is 1.68 bits per heavy atom. The zero-order valence-electron chi connectivity index (χ0n) is 9.40. The minimum absolute atomic E-state index is 0.109. The second kappa shape index (κ2) is 5.94. The fourth-order valence-electron chi connectivity index (χ4n) is 1.29. The third kappa shape index (κ3) is 4.15. The lowest BCUT2D eigenvalue weighted by molar-refractivity contribution is -0.169. The maximum Gasteiger partial charge on any atom is 0.383 e. The number of carbonyl (C=O) groups excluding carboxylic acids is 1. The summed E-state index contributed by atoms with van der Waals surface area (Å²) in [5.41, 5.74) is 0.109. The molecule has 0 saturated heterocycles. The van der Waals surface area contributed by atoms with Crippen LogP contribution >= 0.6 is 0 Å². The number of nitrogens with one attached hydrogen (secondary N) is 1. The van der Waals surface area contributed by atoms with Gasteiger partial charge in [-0.15, -0.1) is 0 Å². The van der Waals surface area contributed by atoms with E-state index in [1.54, 1.807) is 5.32 Å². The van der Waals surface area contributed by atoms with E-state index in [1.807, 2.05) is 0 Å². The molecule has 0 aromatic heterocycles. The van der Waals surface area contributed by atoms with Crippen molar-refractivity contribution in [3.05, 3.63) is 35.4 Å². The van der Waals surface area contributed by atoms with Crippen LogP contribution in [0.5, 0.6) is 0 Å². The van der Waals surface area contributed by atoms with E-state index < -0.39 is 36.4 Å². The first-order chi connectivity index (χ1) is 8.73. The molecule has 106 valence electrons. The lowest BCUT2D eigenvalue weighted by Gasteiger charge is -2.14. The average Bonchev–Trinajstić information content (AvgIpc) is 2.27. The Morgan fingerprint density at radius 1 is 1.16 bits per heavy atom. The van der Waals surface area contributed by atoms with Crippen molar-refractivity contribution in [3.63, 3.8) is 0 Å². The van der Waals surface area contributed by atoms with Crippen LogP contribution in [0.2, 0.25) is 0 Å². The summed E-state index contributed by atoms with van der Waals surface area (Å²) in [4.78, 5) is 10.7. The SMILES string of the molecule is O=C(NCCc1cc(F)cc(F)c1)C(F)(F)C(F)F. The second-order valence-corrected chi connectivity index (χ2v) is 3.71. The lowest BCUT2D eigenvalue weighted by atomic mass is 10.1. The van der Waals surface area contributed by atoms with Gasteiger partial charge < -0.3 is 5.32 Å². The van der Waals surface area contributed by atoms with Gasteiger partial charge in [-0.25, -0.2) is 17.6 Å². The summed E-state index contributed by atoms with van der Waals surface area (Å²) in [6, 6.07) is 2.51. The summed E-state index contributed by atoms with van der Waals surface area (Å²) in [7, 11) is 0. The highest BCUT2D eigenvalue weighted by Gasteiger charge is 2.48.